The fourth-order valence-electron chi connectivity index (χ4n) is 3.65. The summed E-state index contributed by atoms with van der Waals surface area (Å²) < 4.78 is 5.63. The maximum Gasteiger partial charge on any atom is 0.339 e. The summed E-state index contributed by atoms with van der Waals surface area (Å²) in [6.07, 6.45) is 7.40. The van der Waals surface area contributed by atoms with Crippen LogP contribution in [0.1, 0.15) is 35.1 Å². The van der Waals surface area contributed by atoms with Crippen molar-refractivity contribution >= 4 is 11.0 Å². The second-order valence-corrected chi connectivity index (χ2v) is 6.55. The van der Waals surface area contributed by atoms with Gasteiger partial charge in [-0.15, -0.1) is 0 Å². The molecule has 0 aliphatic heterocycles. The first-order valence-corrected chi connectivity index (χ1v) is 8.74. The van der Waals surface area contributed by atoms with Crippen LogP contribution in [-0.2, 0) is 25.9 Å². The minimum Gasteiger partial charge on any atom is -0.507 e. The highest BCUT2D eigenvalue weighted by atomic mass is 16.4. The number of phenols is 1. The highest BCUT2D eigenvalue weighted by molar-refractivity contribution is 5.86. The van der Waals surface area contributed by atoms with Gasteiger partial charge in [0.05, 0.1) is 5.56 Å². The molecule has 0 saturated heterocycles. The highest BCUT2D eigenvalue weighted by Gasteiger charge is 2.21. The first kappa shape index (κ1) is 15.8. The van der Waals surface area contributed by atoms with Gasteiger partial charge >= 0.3 is 5.63 Å². The van der Waals surface area contributed by atoms with Crippen LogP contribution in [0.2, 0.25) is 0 Å². The number of quaternary nitrogens is 1. The molecule has 0 radical (unpaired) electrons. The van der Waals surface area contributed by atoms with Gasteiger partial charge < -0.3 is 14.8 Å². The van der Waals surface area contributed by atoms with Crippen LogP contribution in [-0.4, -0.2) is 10.1 Å². The number of fused-ring (bicyclic) bond motifs is 3. The number of aryl methyl sites for hydroxylation is 1. The Morgan fingerprint density at radius 1 is 1.12 bits per heavy atom. The zero-order valence-corrected chi connectivity index (χ0v) is 14.0. The Kier molecular flexibility index (Phi) is 4.24. The fourth-order valence-corrected chi connectivity index (χ4v) is 3.65. The summed E-state index contributed by atoms with van der Waals surface area (Å²) in [5, 5.41) is 13.4. The number of phenolic OH excluding ortho intramolecular Hbond substituents is 1. The van der Waals surface area contributed by atoms with E-state index in [1.807, 2.05) is 24.4 Å². The van der Waals surface area contributed by atoms with E-state index >= 15 is 0 Å². The van der Waals surface area contributed by atoms with E-state index < -0.39 is 0 Å². The quantitative estimate of drug-likeness (QED) is 0.714. The topological polar surface area (TPSA) is 79.9 Å². The van der Waals surface area contributed by atoms with Gasteiger partial charge in [0.2, 0.25) is 0 Å². The summed E-state index contributed by atoms with van der Waals surface area (Å²) in [6, 6.07) is 7.51. The van der Waals surface area contributed by atoms with E-state index in [1.54, 1.807) is 12.3 Å². The zero-order chi connectivity index (χ0) is 17.2. The molecule has 0 fully saturated rings. The number of nitrogens with two attached hydrogens (primary N) is 1. The van der Waals surface area contributed by atoms with Crippen molar-refractivity contribution in [1.29, 1.82) is 0 Å². The lowest BCUT2D eigenvalue weighted by atomic mass is 9.90. The molecule has 1 aliphatic carbocycles. The lowest BCUT2D eigenvalue weighted by Gasteiger charge is -2.17. The van der Waals surface area contributed by atoms with Gasteiger partial charge in [0.15, 0.2) is 5.58 Å². The number of hydrogen-bond donors (Lipinski definition) is 2. The molecule has 5 nitrogen and oxygen atoms in total. The Balaban J connectivity index is 1.69. The summed E-state index contributed by atoms with van der Waals surface area (Å²) in [4.78, 5) is 16.5. The van der Waals surface area contributed by atoms with E-state index in [4.69, 9.17) is 4.42 Å². The number of nitrogens with zero attached hydrogens (tertiary/aromatic N) is 1. The summed E-state index contributed by atoms with van der Waals surface area (Å²) in [7, 11) is 0. The van der Waals surface area contributed by atoms with E-state index in [-0.39, 0.29) is 11.4 Å². The largest absolute Gasteiger partial charge is 0.507 e. The number of aromatic hydroxyl groups is 1. The van der Waals surface area contributed by atoms with Crippen molar-refractivity contribution in [3.8, 4) is 5.75 Å². The van der Waals surface area contributed by atoms with Gasteiger partial charge in [-0.05, 0) is 49.4 Å². The molecule has 0 unspecified atom stereocenters. The molecule has 2 aromatic heterocycles. The summed E-state index contributed by atoms with van der Waals surface area (Å²) in [5.74, 6) is 0.175. The van der Waals surface area contributed by atoms with Crippen LogP contribution in [0.5, 0.6) is 5.75 Å². The Morgan fingerprint density at radius 3 is 2.76 bits per heavy atom. The molecule has 0 saturated carbocycles. The molecule has 5 heteroatoms. The first-order chi connectivity index (χ1) is 12.2. The molecule has 0 bridgehead atoms. The fraction of sp³-hybridized carbons (Fsp3) is 0.300. The monoisotopic (exact) mass is 337 g/mol. The number of hydrogen-bond acceptors (Lipinski definition) is 4. The molecule has 3 N–H and O–H groups in total. The second kappa shape index (κ2) is 6.69. The van der Waals surface area contributed by atoms with E-state index in [0.717, 1.165) is 54.3 Å². The Bertz CT molecular complexity index is 964. The molecule has 2 heterocycles. The molecule has 1 aromatic carbocycles. The van der Waals surface area contributed by atoms with Crippen LogP contribution in [0, 0.1) is 0 Å². The predicted octanol–water partition coefficient (Wildman–Crippen LogP) is 2.04. The van der Waals surface area contributed by atoms with Crippen LogP contribution >= 0.6 is 0 Å². The molecule has 25 heavy (non-hydrogen) atoms. The average molecular weight is 337 g/mol. The molecular weight excluding hydrogens is 316 g/mol. The molecule has 4 rings (SSSR count). The normalized spacial score (nSPS) is 13.8. The van der Waals surface area contributed by atoms with Gasteiger partial charge in [-0.2, -0.15) is 0 Å². The Hall–Kier alpha value is -2.66. The van der Waals surface area contributed by atoms with Gasteiger partial charge in [0, 0.05) is 28.9 Å². The van der Waals surface area contributed by atoms with Crippen molar-refractivity contribution in [2.75, 3.05) is 0 Å². The summed E-state index contributed by atoms with van der Waals surface area (Å²) in [6.45, 7) is 1.29. The number of pyridine rings is 1. The SMILES string of the molecule is O=c1oc2c(C[NH2+]Cc3cccnc3)c(O)ccc2c2c1CCCC2. The Labute approximate surface area is 145 Å². The molecule has 0 amide bonds. The molecule has 3 aromatic rings. The van der Waals surface area contributed by atoms with Crippen LogP contribution in [0.25, 0.3) is 11.0 Å². The van der Waals surface area contributed by atoms with Gasteiger partial charge in [-0.3, -0.25) is 4.98 Å². The van der Waals surface area contributed by atoms with E-state index in [2.05, 4.69) is 10.3 Å². The van der Waals surface area contributed by atoms with E-state index in [0.29, 0.717) is 17.7 Å². The third-order valence-electron chi connectivity index (χ3n) is 4.92. The Morgan fingerprint density at radius 2 is 1.96 bits per heavy atom. The van der Waals surface area contributed by atoms with E-state index in [1.165, 1.54) is 0 Å². The van der Waals surface area contributed by atoms with Crippen molar-refractivity contribution in [2.45, 2.75) is 38.8 Å². The van der Waals surface area contributed by atoms with Crippen molar-refractivity contribution < 1.29 is 14.8 Å². The molecule has 128 valence electrons. The van der Waals surface area contributed by atoms with Crippen LogP contribution < -0.4 is 10.9 Å². The van der Waals surface area contributed by atoms with Gasteiger partial charge in [0.25, 0.3) is 0 Å². The van der Waals surface area contributed by atoms with Crippen molar-refractivity contribution in [3.05, 3.63) is 69.3 Å². The average Bonchev–Trinajstić information content (AvgIpc) is 2.65. The number of benzene rings is 1. The maximum absolute atomic E-state index is 12.4. The molecular formula is C20H21N2O3+. The van der Waals surface area contributed by atoms with Gasteiger partial charge in [-0.25, -0.2) is 4.79 Å². The lowest BCUT2D eigenvalue weighted by molar-refractivity contribution is -0.686. The number of rotatable bonds is 4. The predicted molar refractivity (Wildman–Crippen MR) is 94.4 cm³/mol. The standard InChI is InChI=1S/C20H20N2O3/c23-18-8-7-15-14-5-1-2-6-16(14)20(24)25-19(15)17(18)12-22-11-13-4-3-9-21-10-13/h3-4,7-10,22-23H,1-2,5-6,11-12H2/p+1. The van der Waals surface area contributed by atoms with E-state index in [9.17, 15) is 9.90 Å². The van der Waals surface area contributed by atoms with Crippen molar-refractivity contribution in [1.82, 2.24) is 4.98 Å². The third kappa shape index (κ3) is 3.03. The van der Waals surface area contributed by atoms with Crippen molar-refractivity contribution in [3.63, 3.8) is 0 Å². The maximum atomic E-state index is 12.4. The molecule has 1 aliphatic rings. The molecule has 0 spiro atoms. The van der Waals surface area contributed by atoms with Gasteiger partial charge in [-0.1, -0.05) is 6.07 Å². The second-order valence-electron chi connectivity index (χ2n) is 6.55. The minimum atomic E-state index is -0.249. The van der Waals surface area contributed by atoms with Gasteiger partial charge in [0.1, 0.15) is 18.8 Å². The van der Waals surface area contributed by atoms with Crippen LogP contribution in [0.15, 0.2) is 45.9 Å². The first-order valence-electron chi connectivity index (χ1n) is 8.74. The van der Waals surface area contributed by atoms with Crippen LogP contribution in [0.3, 0.4) is 0 Å². The zero-order valence-electron chi connectivity index (χ0n) is 14.0. The highest BCUT2D eigenvalue weighted by Crippen LogP contribution is 2.32. The lowest BCUT2D eigenvalue weighted by Crippen LogP contribution is -2.80. The molecule has 0 atom stereocenters. The minimum absolute atomic E-state index is 0.175. The van der Waals surface area contributed by atoms with Crippen LogP contribution in [0.4, 0.5) is 0 Å². The summed E-state index contributed by atoms with van der Waals surface area (Å²) >= 11 is 0. The van der Waals surface area contributed by atoms with Crippen molar-refractivity contribution in [2.24, 2.45) is 0 Å². The summed E-state index contributed by atoms with van der Waals surface area (Å²) in [5.41, 5.74) is 4.00. The third-order valence-corrected chi connectivity index (χ3v) is 4.92. The smallest absolute Gasteiger partial charge is 0.339 e. The number of aromatic nitrogens is 1.